The van der Waals surface area contributed by atoms with E-state index in [9.17, 15) is 0 Å². The molecule has 3 rings (SSSR count). The number of fused-ring (bicyclic) bond motifs is 1. The lowest BCUT2D eigenvalue weighted by Crippen LogP contribution is -1.91. The minimum absolute atomic E-state index is 0. The highest BCUT2D eigenvalue weighted by atomic mass is 35.5. The van der Waals surface area contributed by atoms with Gasteiger partial charge in [0.05, 0.1) is 0 Å². The second-order valence-electron chi connectivity index (χ2n) is 3.55. The fourth-order valence-electron chi connectivity index (χ4n) is 1.62. The van der Waals surface area contributed by atoms with Gasteiger partial charge in [-0.2, -0.15) is 0 Å². The number of hydrogen-bond acceptors (Lipinski definition) is 4. The van der Waals surface area contributed by atoms with Gasteiger partial charge < -0.3 is 10.7 Å². The second-order valence-corrected chi connectivity index (χ2v) is 3.99. The number of nitrogens with zero attached hydrogens (tertiary/aromatic N) is 3. The monoisotopic (exact) mass is 281 g/mol. The van der Waals surface area contributed by atoms with Crippen molar-refractivity contribution in [2.75, 3.05) is 5.73 Å². The van der Waals surface area contributed by atoms with Crippen molar-refractivity contribution in [1.29, 1.82) is 0 Å². The molecule has 0 atom stereocenters. The molecule has 5 nitrogen and oxygen atoms in total. The number of H-pyrrole nitrogens is 1. The lowest BCUT2D eigenvalue weighted by molar-refractivity contribution is 1.21. The molecule has 0 aliphatic heterocycles. The summed E-state index contributed by atoms with van der Waals surface area (Å²) in [6.45, 7) is 0. The van der Waals surface area contributed by atoms with E-state index in [0.717, 1.165) is 5.56 Å². The molecular formula is C11H9Cl2N5. The summed E-state index contributed by atoms with van der Waals surface area (Å²) >= 11 is 5.93. The summed E-state index contributed by atoms with van der Waals surface area (Å²) in [5.74, 6) is 1.06. The Hall–Kier alpha value is -1.85. The van der Waals surface area contributed by atoms with E-state index >= 15 is 0 Å². The Morgan fingerprint density at radius 3 is 2.78 bits per heavy atom. The first-order valence-corrected chi connectivity index (χ1v) is 5.34. The first-order valence-electron chi connectivity index (χ1n) is 4.96. The molecule has 0 bridgehead atoms. The molecule has 7 heteroatoms. The zero-order valence-electron chi connectivity index (χ0n) is 9.09. The lowest BCUT2D eigenvalue weighted by Gasteiger charge is -1.96. The average molecular weight is 282 g/mol. The van der Waals surface area contributed by atoms with Crippen molar-refractivity contribution in [2.45, 2.75) is 0 Å². The third-order valence-electron chi connectivity index (χ3n) is 2.42. The number of rotatable bonds is 1. The van der Waals surface area contributed by atoms with Gasteiger partial charge in [-0.1, -0.05) is 23.7 Å². The maximum atomic E-state index is 5.93. The standard InChI is InChI=1S/C11H8ClN5.ClH/c12-7-3-1-2-6(4-7)10-16-8-9(13)14-5-15-11(8)17-10;/h1-5H,(H3,13,14,15,16,17);1H. The Bertz CT molecular complexity index is 695. The Kier molecular flexibility index (Phi) is 3.36. The predicted octanol–water partition coefficient (Wildman–Crippen LogP) is 2.68. The summed E-state index contributed by atoms with van der Waals surface area (Å²) in [6.07, 6.45) is 1.39. The molecule has 0 saturated carbocycles. The summed E-state index contributed by atoms with van der Waals surface area (Å²) < 4.78 is 0. The minimum atomic E-state index is 0. The van der Waals surface area contributed by atoms with Gasteiger partial charge in [0.2, 0.25) is 0 Å². The van der Waals surface area contributed by atoms with Gasteiger partial charge in [0.15, 0.2) is 11.5 Å². The van der Waals surface area contributed by atoms with Crippen molar-refractivity contribution in [2.24, 2.45) is 0 Å². The maximum Gasteiger partial charge on any atom is 0.183 e. The number of aromatic amines is 1. The molecule has 2 heterocycles. The van der Waals surface area contributed by atoms with Crippen LogP contribution >= 0.6 is 24.0 Å². The topological polar surface area (TPSA) is 80.5 Å². The average Bonchev–Trinajstić information content (AvgIpc) is 2.74. The van der Waals surface area contributed by atoms with Crippen molar-refractivity contribution in [3.05, 3.63) is 35.6 Å². The largest absolute Gasteiger partial charge is 0.382 e. The maximum absolute atomic E-state index is 5.93. The predicted molar refractivity (Wildman–Crippen MR) is 73.8 cm³/mol. The summed E-state index contributed by atoms with van der Waals surface area (Å²) in [7, 11) is 0. The highest BCUT2D eigenvalue weighted by molar-refractivity contribution is 6.30. The number of aromatic nitrogens is 4. The van der Waals surface area contributed by atoms with Crippen LogP contribution in [0.5, 0.6) is 0 Å². The number of nitrogens with two attached hydrogens (primary N) is 1. The number of halogens is 2. The van der Waals surface area contributed by atoms with Gasteiger partial charge >= 0.3 is 0 Å². The van der Waals surface area contributed by atoms with Crippen molar-refractivity contribution < 1.29 is 0 Å². The van der Waals surface area contributed by atoms with Crippen molar-refractivity contribution >= 4 is 41.0 Å². The van der Waals surface area contributed by atoms with Gasteiger partial charge in [-0.05, 0) is 12.1 Å². The van der Waals surface area contributed by atoms with Crippen molar-refractivity contribution in [3.8, 4) is 11.4 Å². The van der Waals surface area contributed by atoms with Crippen LogP contribution in [0, 0.1) is 0 Å². The van der Waals surface area contributed by atoms with Gasteiger partial charge in [-0.25, -0.2) is 15.0 Å². The highest BCUT2D eigenvalue weighted by Gasteiger charge is 2.08. The molecule has 0 aliphatic rings. The molecule has 0 spiro atoms. The molecule has 3 N–H and O–H groups in total. The van der Waals surface area contributed by atoms with Crippen molar-refractivity contribution in [1.82, 2.24) is 19.9 Å². The van der Waals surface area contributed by atoms with E-state index in [-0.39, 0.29) is 12.4 Å². The third kappa shape index (κ3) is 2.10. The molecule has 0 amide bonds. The molecule has 92 valence electrons. The van der Waals surface area contributed by atoms with Crippen LogP contribution in [-0.2, 0) is 0 Å². The molecule has 1 aromatic carbocycles. The zero-order valence-corrected chi connectivity index (χ0v) is 10.7. The molecule has 3 aromatic rings. The van der Waals surface area contributed by atoms with Crippen LogP contribution in [0.2, 0.25) is 5.02 Å². The van der Waals surface area contributed by atoms with Crippen LogP contribution in [0.1, 0.15) is 0 Å². The molecule has 0 radical (unpaired) electrons. The van der Waals surface area contributed by atoms with Crippen LogP contribution in [0.4, 0.5) is 5.82 Å². The third-order valence-corrected chi connectivity index (χ3v) is 2.65. The van der Waals surface area contributed by atoms with E-state index in [0.29, 0.717) is 27.8 Å². The fourth-order valence-corrected chi connectivity index (χ4v) is 1.81. The Morgan fingerprint density at radius 2 is 2.06 bits per heavy atom. The van der Waals surface area contributed by atoms with E-state index in [4.69, 9.17) is 17.3 Å². The normalized spacial score (nSPS) is 10.3. The molecule has 2 aromatic heterocycles. The van der Waals surface area contributed by atoms with Gasteiger partial charge in [0.25, 0.3) is 0 Å². The van der Waals surface area contributed by atoms with Gasteiger partial charge in [-0.15, -0.1) is 12.4 Å². The van der Waals surface area contributed by atoms with E-state index < -0.39 is 0 Å². The Morgan fingerprint density at radius 1 is 1.22 bits per heavy atom. The number of anilines is 1. The van der Waals surface area contributed by atoms with E-state index in [1.807, 2.05) is 24.3 Å². The fraction of sp³-hybridized carbons (Fsp3) is 0. The van der Waals surface area contributed by atoms with Crippen LogP contribution in [0.3, 0.4) is 0 Å². The van der Waals surface area contributed by atoms with E-state index in [1.54, 1.807) is 0 Å². The Labute approximate surface area is 114 Å². The van der Waals surface area contributed by atoms with Crippen LogP contribution in [-0.4, -0.2) is 19.9 Å². The van der Waals surface area contributed by atoms with Crippen LogP contribution in [0.25, 0.3) is 22.6 Å². The first kappa shape index (κ1) is 12.6. The number of benzene rings is 1. The molecular weight excluding hydrogens is 273 g/mol. The van der Waals surface area contributed by atoms with Crippen LogP contribution < -0.4 is 5.73 Å². The number of hydrogen-bond donors (Lipinski definition) is 2. The van der Waals surface area contributed by atoms with E-state index in [1.165, 1.54) is 6.33 Å². The summed E-state index contributed by atoms with van der Waals surface area (Å²) in [5.41, 5.74) is 7.80. The number of nitrogens with one attached hydrogen (secondary N) is 1. The molecule has 0 saturated heterocycles. The van der Waals surface area contributed by atoms with Crippen LogP contribution in [0.15, 0.2) is 30.6 Å². The van der Waals surface area contributed by atoms with E-state index in [2.05, 4.69) is 19.9 Å². The quantitative estimate of drug-likeness (QED) is 0.719. The first-order chi connectivity index (χ1) is 8.24. The highest BCUT2D eigenvalue weighted by Crippen LogP contribution is 2.23. The molecule has 0 aliphatic carbocycles. The minimum Gasteiger partial charge on any atom is -0.382 e. The number of imidazole rings is 1. The second kappa shape index (κ2) is 4.80. The number of nitrogen functional groups attached to an aromatic ring is 1. The summed E-state index contributed by atoms with van der Waals surface area (Å²) in [5, 5.41) is 0.655. The molecule has 18 heavy (non-hydrogen) atoms. The lowest BCUT2D eigenvalue weighted by atomic mass is 10.2. The smallest absolute Gasteiger partial charge is 0.183 e. The molecule has 0 unspecified atom stereocenters. The Balaban J connectivity index is 0.00000120. The van der Waals surface area contributed by atoms with Gasteiger partial charge in [0.1, 0.15) is 17.7 Å². The summed E-state index contributed by atoms with van der Waals surface area (Å²) in [6, 6.07) is 7.40. The SMILES string of the molecule is Cl.Nc1ncnc2nc(-c3cccc(Cl)c3)[nH]c12. The van der Waals surface area contributed by atoms with Gasteiger partial charge in [0, 0.05) is 10.6 Å². The summed E-state index contributed by atoms with van der Waals surface area (Å²) in [4.78, 5) is 15.4. The molecule has 0 fully saturated rings. The van der Waals surface area contributed by atoms with Gasteiger partial charge in [-0.3, -0.25) is 0 Å². The van der Waals surface area contributed by atoms with Crippen molar-refractivity contribution in [3.63, 3.8) is 0 Å². The zero-order chi connectivity index (χ0) is 11.8.